The van der Waals surface area contributed by atoms with Crippen LogP contribution < -0.4 is 21.9 Å². The Kier molecular flexibility index (Phi) is 7.96. The molecule has 0 saturated heterocycles. The second-order valence-corrected chi connectivity index (χ2v) is 9.32. The lowest BCUT2D eigenvalue weighted by Gasteiger charge is -2.16. The minimum atomic E-state index is -1.30. The number of benzene rings is 2. The Morgan fingerprint density at radius 1 is 1.05 bits per heavy atom. The van der Waals surface area contributed by atoms with Gasteiger partial charge in [-0.2, -0.15) is 0 Å². The second-order valence-electron chi connectivity index (χ2n) is 8.56. The largest absolute Gasteiger partial charge is 0.480 e. The van der Waals surface area contributed by atoms with E-state index in [9.17, 15) is 24.3 Å². The molecular weight excluding hydrogens is 533 g/mol. The number of halogens is 2. The molecule has 12 heteroatoms. The van der Waals surface area contributed by atoms with Gasteiger partial charge in [-0.1, -0.05) is 41.4 Å². The molecule has 2 aromatic carbocycles. The van der Waals surface area contributed by atoms with E-state index in [1.807, 2.05) is 13.1 Å². The summed E-state index contributed by atoms with van der Waals surface area (Å²) in [5.74, 6) is -2.04. The molecule has 2 heterocycles. The molecule has 0 bridgehead atoms. The van der Waals surface area contributed by atoms with Gasteiger partial charge in [-0.05, 0) is 48.5 Å². The molecule has 38 heavy (non-hydrogen) atoms. The van der Waals surface area contributed by atoms with Crippen LogP contribution in [0.4, 0.5) is 0 Å². The van der Waals surface area contributed by atoms with Gasteiger partial charge in [-0.3, -0.25) is 14.2 Å². The van der Waals surface area contributed by atoms with E-state index >= 15 is 0 Å². The lowest BCUT2D eigenvalue weighted by atomic mass is 10.0. The van der Waals surface area contributed by atoms with Crippen molar-refractivity contribution in [3.8, 4) is 5.69 Å². The first-order valence-corrected chi connectivity index (χ1v) is 12.2. The van der Waals surface area contributed by atoms with Crippen LogP contribution in [0.5, 0.6) is 0 Å². The molecule has 0 radical (unpaired) electrons. The number of nitrogens with one attached hydrogen (secondary N) is 2. The average Bonchev–Trinajstić information content (AvgIpc) is 2.88. The first kappa shape index (κ1) is 27.1. The molecular formula is C26H23Cl2N5O5. The molecule has 1 amide bonds. The number of carboxylic acids is 1. The highest BCUT2D eigenvalue weighted by atomic mass is 35.5. The molecule has 4 aromatic rings. The quantitative estimate of drug-likeness (QED) is 0.284. The molecule has 10 nitrogen and oxygen atoms in total. The third-order valence-electron chi connectivity index (χ3n) is 6.03. The lowest BCUT2D eigenvalue weighted by Crippen LogP contribution is -2.42. The molecule has 1 atom stereocenters. The molecule has 3 N–H and O–H groups in total. The van der Waals surface area contributed by atoms with Gasteiger partial charge in [-0.15, -0.1) is 0 Å². The highest BCUT2D eigenvalue weighted by molar-refractivity contribution is 6.39. The van der Waals surface area contributed by atoms with E-state index < -0.39 is 29.2 Å². The first-order chi connectivity index (χ1) is 18.1. The predicted octanol–water partition coefficient (Wildman–Crippen LogP) is 2.54. The molecule has 196 valence electrons. The highest BCUT2D eigenvalue weighted by Crippen LogP contribution is 2.22. The van der Waals surface area contributed by atoms with Crippen molar-refractivity contribution < 1.29 is 14.7 Å². The number of hydrogen-bond acceptors (Lipinski definition) is 6. The zero-order valence-electron chi connectivity index (χ0n) is 20.4. The standard InChI is InChI=1S/C26H23Cl2N5O5/c1-29-13-15-5-8-17-20(12-15)32(2)26(38)33(24(17)35)16-6-3-14(4-7-16)11-19(25(36)37)31-23(34)21-18(27)9-10-30-22(21)28/h3-10,12,19,29H,11,13H2,1-2H3,(H,31,34)(H,36,37)/t19-/m0/s1. The van der Waals surface area contributed by atoms with Crippen LogP contribution >= 0.6 is 23.2 Å². The molecule has 0 unspecified atom stereocenters. The maximum Gasteiger partial charge on any atom is 0.335 e. The summed E-state index contributed by atoms with van der Waals surface area (Å²) in [5, 5.41) is 15.4. The average molecular weight is 556 g/mol. The Labute approximate surface area is 226 Å². The van der Waals surface area contributed by atoms with Crippen molar-refractivity contribution in [2.45, 2.75) is 19.0 Å². The van der Waals surface area contributed by atoms with Crippen LogP contribution in [0.15, 0.2) is 64.3 Å². The molecule has 0 spiro atoms. The number of amides is 1. The Hall–Kier alpha value is -3.99. The van der Waals surface area contributed by atoms with Crippen LogP contribution in [0.3, 0.4) is 0 Å². The minimum absolute atomic E-state index is 0.0386. The zero-order valence-corrected chi connectivity index (χ0v) is 21.9. The Morgan fingerprint density at radius 2 is 1.74 bits per heavy atom. The van der Waals surface area contributed by atoms with Gasteiger partial charge in [0, 0.05) is 26.2 Å². The predicted molar refractivity (Wildman–Crippen MR) is 144 cm³/mol. The number of carboxylic acid groups (broad SMARTS) is 1. The molecule has 4 rings (SSSR count). The molecule has 2 aromatic heterocycles. The lowest BCUT2D eigenvalue weighted by molar-refractivity contribution is -0.139. The van der Waals surface area contributed by atoms with E-state index in [4.69, 9.17) is 23.2 Å². The molecule has 0 aliphatic carbocycles. The van der Waals surface area contributed by atoms with Crippen molar-refractivity contribution in [2.75, 3.05) is 7.05 Å². The summed E-state index contributed by atoms with van der Waals surface area (Å²) >= 11 is 12.0. The van der Waals surface area contributed by atoms with Gasteiger partial charge >= 0.3 is 11.7 Å². The summed E-state index contributed by atoms with van der Waals surface area (Å²) in [5.41, 5.74) is 1.23. The van der Waals surface area contributed by atoms with Gasteiger partial charge in [0.15, 0.2) is 0 Å². The number of aliphatic carboxylic acids is 1. The van der Waals surface area contributed by atoms with Gasteiger partial charge in [0.2, 0.25) is 0 Å². The number of pyridine rings is 1. The van der Waals surface area contributed by atoms with Crippen LogP contribution in [0.1, 0.15) is 21.5 Å². The minimum Gasteiger partial charge on any atom is -0.480 e. The van der Waals surface area contributed by atoms with Crippen molar-refractivity contribution in [1.82, 2.24) is 24.8 Å². The van der Waals surface area contributed by atoms with E-state index in [1.165, 1.54) is 16.8 Å². The molecule has 0 fully saturated rings. The Morgan fingerprint density at radius 3 is 2.37 bits per heavy atom. The summed E-state index contributed by atoms with van der Waals surface area (Å²) in [7, 11) is 3.41. The van der Waals surface area contributed by atoms with Gasteiger partial charge < -0.3 is 15.7 Å². The van der Waals surface area contributed by atoms with Crippen LogP contribution in [0, 0.1) is 0 Å². The van der Waals surface area contributed by atoms with E-state index in [0.717, 1.165) is 10.1 Å². The molecule has 0 saturated carbocycles. The normalized spacial score (nSPS) is 11.9. The summed E-state index contributed by atoms with van der Waals surface area (Å²) < 4.78 is 2.47. The number of carbonyl (C=O) groups is 2. The van der Waals surface area contributed by atoms with Gasteiger partial charge in [-0.25, -0.2) is 19.1 Å². The Bertz CT molecular complexity index is 1640. The fourth-order valence-electron chi connectivity index (χ4n) is 4.10. The van der Waals surface area contributed by atoms with Crippen molar-refractivity contribution >= 4 is 46.0 Å². The topological polar surface area (TPSA) is 135 Å². The van der Waals surface area contributed by atoms with Crippen molar-refractivity contribution in [1.29, 1.82) is 0 Å². The number of rotatable bonds is 8. The third-order valence-corrected chi connectivity index (χ3v) is 6.64. The monoisotopic (exact) mass is 555 g/mol. The smallest absolute Gasteiger partial charge is 0.335 e. The Balaban J connectivity index is 1.62. The molecule has 0 aliphatic heterocycles. The second kappa shape index (κ2) is 11.2. The van der Waals surface area contributed by atoms with E-state index in [0.29, 0.717) is 28.7 Å². The van der Waals surface area contributed by atoms with Crippen molar-refractivity contribution in [3.63, 3.8) is 0 Å². The number of hydrogen-bond donors (Lipinski definition) is 3. The maximum absolute atomic E-state index is 13.2. The van der Waals surface area contributed by atoms with Gasteiger partial charge in [0.05, 0.1) is 27.2 Å². The van der Waals surface area contributed by atoms with Crippen LogP contribution in [-0.4, -0.2) is 44.2 Å². The van der Waals surface area contributed by atoms with Gasteiger partial charge in [0.25, 0.3) is 11.5 Å². The third kappa shape index (κ3) is 5.33. The number of nitrogens with zero attached hydrogens (tertiary/aromatic N) is 3. The van der Waals surface area contributed by atoms with Crippen LogP contribution in [-0.2, 0) is 24.8 Å². The highest BCUT2D eigenvalue weighted by Gasteiger charge is 2.24. The maximum atomic E-state index is 13.2. The van der Waals surface area contributed by atoms with E-state index in [2.05, 4.69) is 15.6 Å². The number of aromatic nitrogens is 3. The summed E-state index contributed by atoms with van der Waals surface area (Å²) in [6.07, 6.45) is 1.25. The number of carbonyl (C=O) groups excluding carboxylic acids is 1. The zero-order chi connectivity index (χ0) is 27.6. The van der Waals surface area contributed by atoms with E-state index in [1.54, 1.807) is 43.4 Å². The van der Waals surface area contributed by atoms with Crippen molar-refractivity contribution in [3.05, 3.63) is 102 Å². The first-order valence-electron chi connectivity index (χ1n) is 11.4. The number of aryl methyl sites for hydroxylation is 1. The van der Waals surface area contributed by atoms with E-state index in [-0.39, 0.29) is 22.2 Å². The molecule has 0 aliphatic rings. The fourth-order valence-corrected chi connectivity index (χ4v) is 4.63. The SMILES string of the molecule is CNCc1ccc2c(=O)n(-c3ccc(C[C@H](NC(=O)c4c(Cl)ccnc4Cl)C(=O)O)cc3)c(=O)n(C)c2c1. The van der Waals surface area contributed by atoms with Gasteiger partial charge in [0.1, 0.15) is 11.2 Å². The summed E-state index contributed by atoms with van der Waals surface area (Å²) in [6.45, 7) is 0.592. The fraction of sp³-hybridized carbons (Fsp3) is 0.192. The summed E-state index contributed by atoms with van der Waals surface area (Å²) in [4.78, 5) is 54.6. The van der Waals surface area contributed by atoms with Crippen LogP contribution in [0.25, 0.3) is 16.6 Å². The van der Waals surface area contributed by atoms with Crippen molar-refractivity contribution in [2.24, 2.45) is 7.05 Å². The van der Waals surface area contributed by atoms with Crippen LogP contribution in [0.2, 0.25) is 10.2 Å². The number of fused-ring (bicyclic) bond motifs is 1. The summed E-state index contributed by atoms with van der Waals surface area (Å²) in [6, 6.07) is 11.7.